The molecule has 6 rings (SSSR count). The summed E-state index contributed by atoms with van der Waals surface area (Å²) in [6, 6.07) is 23.9. The lowest BCUT2D eigenvalue weighted by molar-refractivity contribution is -0.117. The molecule has 0 saturated carbocycles. The molecule has 1 aromatic heterocycles. The van der Waals surface area contributed by atoms with E-state index in [0.717, 1.165) is 35.1 Å². The van der Waals surface area contributed by atoms with Gasteiger partial charge in [-0.2, -0.15) is 0 Å². The fourth-order valence-corrected chi connectivity index (χ4v) is 4.97. The van der Waals surface area contributed by atoms with E-state index in [1.807, 2.05) is 48.5 Å². The number of anilines is 2. The average Bonchev–Trinajstić information content (AvgIpc) is 2.85. The first-order valence-electron chi connectivity index (χ1n) is 11.1. The number of hydrogen-bond donors (Lipinski definition) is 2. The van der Waals surface area contributed by atoms with E-state index in [1.54, 1.807) is 6.07 Å². The number of hydrogen-bond acceptors (Lipinski definition) is 3. The van der Waals surface area contributed by atoms with Crippen LogP contribution in [-0.4, -0.2) is 16.8 Å². The van der Waals surface area contributed by atoms with Crippen LogP contribution in [0.15, 0.2) is 72.8 Å². The Kier molecular flexibility index (Phi) is 8.96. The molecule has 5 nitrogen and oxygen atoms in total. The number of benzene rings is 3. The van der Waals surface area contributed by atoms with Gasteiger partial charge < -0.3 is 10.6 Å². The predicted octanol–water partition coefficient (Wildman–Crippen LogP) is 7.24. The highest BCUT2D eigenvalue weighted by Crippen LogP contribution is 2.24. The van der Waals surface area contributed by atoms with E-state index >= 15 is 0 Å². The largest absolute Gasteiger partial charge is 0.326 e. The van der Waals surface area contributed by atoms with Crippen LogP contribution in [0.4, 0.5) is 11.4 Å². The Morgan fingerprint density at radius 2 is 1.31 bits per heavy atom. The number of nitrogens with zero attached hydrogens (tertiary/aromatic N) is 1. The molecule has 3 aromatic carbocycles. The zero-order chi connectivity index (χ0) is 24.8. The van der Waals surface area contributed by atoms with E-state index in [-0.39, 0.29) is 11.8 Å². The summed E-state index contributed by atoms with van der Waals surface area (Å²) in [7, 11) is 0. The minimum Gasteiger partial charge on any atom is -0.326 e. The maximum absolute atomic E-state index is 11.0. The molecule has 2 aliphatic heterocycles. The second-order valence-corrected chi connectivity index (χ2v) is 10.9. The maximum atomic E-state index is 11.0. The summed E-state index contributed by atoms with van der Waals surface area (Å²) in [4.78, 5) is 26.1. The van der Waals surface area contributed by atoms with Crippen LogP contribution in [0.1, 0.15) is 24.0 Å². The van der Waals surface area contributed by atoms with Crippen molar-refractivity contribution in [3.8, 4) is 0 Å². The quantitative estimate of drug-likeness (QED) is 0.150. The number of aromatic nitrogens is 1. The van der Waals surface area contributed by atoms with E-state index < -0.39 is 0 Å². The van der Waals surface area contributed by atoms with Gasteiger partial charge in [0.25, 0.3) is 0 Å². The van der Waals surface area contributed by atoms with Crippen LogP contribution in [0, 0.1) is 7.14 Å². The van der Waals surface area contributed by atoms with Gasteiger partial charge in [-0.1, -0.05) is 29.8 Å². The molecule has 0 saturated heterocycles. The Bertz CT molecular complexity index is 1350. The van der Waals surface area contributed by atoms with Crippen molar-refractivity contribution in [1.29, 1.82) is 0 Å². The fraction of sp³-hybridized carbons (Fsp3) is 0.148. The van der Waals surface area contributed by atoms with Crippen LogP contribution in [0.25, 0.3) is 10.9 Å². The van der Waals surface area contributed by atoms with Crippen LogP contribution in [0.3, 0.4) is 0 Å². The molecular formula is C27H22ClI2N3O2. The molecule has 2 aliphatic rings. The molecule has 0 bridgehead atoms. The number of amides is 2. The van der Waals surface area contributed by atoms with Crippen molar-refractivity contribution < 1.29 is 9.59 Å². The SMILES string of the molecule is Clc1ccc2cc(I)ccc2n1.O=C1CCc2cc(I)ccc2N1.O=C1CCc2ccccc2N1. The first kappa shape index (κ1) is 25.8. The summed E-state index contributed by atoms with van der Waals surface area (Å²) in [6.45, 7) is 0. The molecule has 8 heteroatoms. The number of aryl methyl sites for hydroxylation is 2. The van der Waals surface area contributed by atoms with E-state index in [0.29, 0.717) is 18.0 Å². The highest BCUT2D eigenvalue weighted by molar-refractivity contribution is 14.1. The molecule has 0 aliphatic carbocycles. The second-order valence-electron chi connectivity index (χ2n) is 8.03. The smallest absolute Gasteiger partial charge is 0.224 e. The normalized spacial score (nSPS) is 13.7. The van der Waals surface area contributed by atoms with Crippen LogP contribution < -0.4 is 10.6 Å². The van der Waals surface area contributed by atoms with Gasteiger partial charge in [0.05, 0.1) is 5.52 Å². The molecule has 2 amide bonds. The van der Waals surface area contributed by atoms with E-state index in [2.05, 4.69) is 79.0 Å². The highest BCUT2D eigenvalue weighted by Gasteiger charge is 2.14. The van der Waals surface area contributed by atoms with E-state index in [4.69, 9.17) is 11.6 Å². The third kappa shape index (κ3) is 7.37. The topological polar surface area (TPSA) is 71.1 Å². The molecule has 0 spiro atoms. The molecule has 3 heterocycles. The van der Waals surface area contributed by atoms with Crippen molar-refractivity contribution in [2.24, 2.45) is 0 Å². The van der Waals surface area contributed by atoms with Crippen molar-refractivity contribution >= 4 is 90.9 Å². The van der Waals surface area contributed by atoms with Crippen molar-refractivity contribution in [1.82, 2.24) is 4.98 Å². The molecule has 0 unspecified atom stereocenters. The molecular weight excluding hydrogens is 688 g/mol. The van der Waals surface area contributed by atoms with Crippen LogP contribution in [0.2, 0.25) is 5.15 Å². The number of pyridine rings is 1. The number of halogens is 3. The number of carbonyl (C=O) groups excluding carboxylic acids is 2. The monoisotopic (exact) mass is 709 g/mol. The van der Waals surface area contributed by atoms with Crippen LogP contribution >= 0.6 is 56.8 Å². The van der Waals surface area contributed by atoms with Gasteiger partial charge in [0.15, 0.2) is 0 Å². The summed E-state index contributed by atoms with van der Waals surface area (Å²) < 4.78 is 2.44. The van der Waals surface area contributed by atoms with Crippen molar-refractivity contribution in [2.45, 2.75) is 25.7 Å². The molecule has 0 radical (unpaired) electrons. The Balaban J connectivity index is 0.000000124. The summed E-state index contributed by atoms with van der Waals surface area (Å²) in [6.07, 6.45) is 2.99. The second kappa shape index (κ2) is 12.1. The van der Waals surface area contributed by atoms with Gasteiger partial charge in [-0.15, -0.1) is 0 Å². The first-order valence-corrected chi connectivity index (χ1v) is 13.6. The molecule has 178 valence electrons. The average molecular weight is 710 g/mol. The highest BCUT2D eigenvalue weighted by atomic mass is 127. The van der Waals surface area contributed by atoms with E-state index in [1.165, 1.54) is 18.3 Å². The number of carbonyl (C=O) groups is 2. The van der Waals surface area contributed by atoms with Gasteiger partial charge in [-0.05, 0) is 124 Å². The number of nitrogens with one attached hydrogen (secondary N) is 2. The van der Waals surface area contributed by atoms with Crippen molar-refractivity contribution in [3.05, 3.63) is 96.2 Å². The van der Waals surface area contributed by atoms with Gasteiger partial charge in [-0.25, -0.2) is 4.98 Å². The molecule has 0 fully saturated rings. The minimum atomic E-state index is 0.128. The summed E-state index contributed by atoms with van der Waals surface area (Å²) in [5.74, 6) is 0.257. The van der Waals surface area contributed by atoms with Gasteiger partial charge >= 0.3 is 0 Å². The van der Waals surface area contributed by atoms with E-state index in [9.17, 15) is 9.59 Å². The predicted molar refractivity (Wildman–Crippen MR) is 159 cm³/mol. The van der Waals surface area contributed by atoms with Crippen LogP contribution in [0.5, 0.6) is 0 Å². The number of fused-ring (bicyclic) bond motifs is 3. The van der Waals surface area contributed by atoms with Gasteiger partial charge in [0.2, 0.25) is 11.8 Å². The van der Waals surface area contributed by atoms with Gasteiger partial charge in [0, 0.05) is 36.7 Å². The maximum Gasteiger partial charge on any atom is 0.224 e. The molecule has 35 heavy (non-hydrogen) atoms. The Morgan fingerprint density at radius 1 is 0.686 bits per heavy atom. The lowest BCUT2D eigenvalue weighted by Crippen LogP contribution is -2.18. The first-order chi connectivity index (χ1) is 16.9. The summed E-state index contributed by atoms with van der Waals surface area (Å²) in [5.41, 5.74) is 5.40. The summed E-state index contributed by atoms with van der Waals surface area (Å²) >= 11 is 10.3. The molecule has 4 aromatic rings. The van der Waals surface area contributed by atoms with Gasteiger partial charge in [0.1, 0.15) is 5.15 Å². The fourth-order valence-electron chi connectivity index (χ4n) is 3.74. The zero-order valence-electron chi connectivity index (χ0n) is 18.7. The lowest BCUT2D eigenvalue weighted by Gasteiger charge is -2.16. The van der Waals surface area contributed by atoms with Crippen LogP contribution in [-0.2, 0) is 22.4 Å². The number of para-hydroxylation sites is 1. The van der Waals surface area contributed by atoms with Crippen molar-refractivity contribution in [3.63, 3.8) is 0 Å². The standard InChI is InChI=1S/C9H5ClIN.C9H8INO.C9H9NO/c10-9-4-1-6-5-7(11)2-3-8(6)12-9;10-7-2-3-8-6(5-7)1-4-9(12)11-8;11-9-6-5-7-3-1-2-4-8(7)10-9/h1-5H;2-3,5H,1,4H2,(H,11,12);1-4H,5-6H2,(H,10,11). The Labute approximate surface area is 236 Å². The molecule has 0 atom stereocenters. The van der Waals surface area contributed by atoms with Crippen molar-refractivity contribution in [2.75, 3.05) is 10.6 Å². The number of rotatable bonds is 0. The Hall–Kier alpha value is -2.24. The summed E-state index contributed by atoms with van der Waals surface area (Å²) in [5, 5.41) is 7.34. The minimum absolute atomic E-state index is 0.128. The Morgan fingerprint density at radius 3 is 2.09 bits per heavy atom. The zero-order valence-corrected chi connectivity index (χ0v) is 23.7. The third-order valence-corrected chi connectivity index (χ3v) is 7.05. The molecule has 2 N–H and O–H groups in total. The third-order valence-electron chi connectivity index (χ3n) is 5.49. The van der Waals surface area contributed by atoms with Gasteiger partial charge in [-0.3, -0.25) is 9.59 Å². The lowest BCUT2D eigenvalue weighted by atomic mass is 10.0.